The molecule has 0 saturated heterocycles. The van der Waals surface area contributed by atoms with E-state index in [1.165, 1.54) is 16.3 Å². The lowest BCUT2D eigenvalue weighted by Crippen LogP contribution is -2.40. The Balaban J connectivity index is 1.86. The van der Waals surface area contributed by atoms with E-state index < -0.39 is 10.0 Å². The molecular formula is C17H25N3O3S. The normalized spacial score (nSPS) is 15.2. The maximum Gasteiger partial charge on any atom is 0.235 e. The van der Waals surface area contributed by atoms with E-state index in [-0.39, 0.29) is 12.5 Å². The molecule has 0 saturated carbocycles. The average molecular weight is 351 g/mol. The smallest absolute Gasteiger partial charge is 0.235 e. The molecule has 0 aliphatic heterocycles. The van der Waals surface area contributed by atoms with Crippen LogP contribution in [-0.2, 0) is 21.4 Å². The summed E-state index contributed by atoms with van der Waals surface area (Å²) in [6, 6.07) is 3.65. The summed E-state index contributed by atoms with van der Waals surface area (Å²) in [5.74, 6) is -0.304. The van der Waals surface area contributed by atoms with Crippen molar-refractivity contribution in [1.29, 1.82) is 0 Å². The van der Waals surface area contributed by atoms with E-state index in [9.17, 15) is 13.2 Å². The molecule has 1 heterocycles. The number of allylic oxidation sites excluding steroid dienone is 1. The quantitative estimate of drug-likeness (QED) is 0.725. The molecular weight excluding hydrogens is 326 g/mol. The Morgan fingerprint density at radius 2 is 2.21 bits per heavy atom. The van der Waals surface area contributed by atoms with Gasteiger partial charge in [0, 0.05) is 25.5 Å². The molecule has 0 spiro atoms. The molecule has 6 nitrogen and oxygen atoms in total. The first-order valence-corrected chi connectivity index (χ1v) is 10.1. The molecule has 0 atom stereocenters. The molecule has 0 radical (unpaired) electrons. The monoisotopic (exact) mass is 351 g/mol. The molecule has 2 rings (SSSR count). The van der Waals surface area contributed by atoms with Crippen LogP contribution < -0.4 is 5.32 Å². The Morgan fingerprint density at radius 3 is 2.83 bits per heavy atom. The lowest BCUT2D eigenvalue weighted by Gasteiger charge is -2.21. The maximum atomic E-state index is 12.1. The Hall–Kier alpha value is -1.73. The van der Waals surface area contributed by atoms with Crippen molar-refractivity contribution in [2.75, 3.05) is 19.3 Å². The highest BCUT2D eigenvalue weighted by atomic mass is 32.2. The predicted molar refractivity (Wildman–Crippen MR) is 93.7 cm³/mol. The van der Waals surface area contributed by atoms with Crippen molar-refractivity contribution in [2.24, 2.45) is 0 Å². The minimum Gasteiger partial charge on any atom is -0.351 e. The summed E-state index contributed by atoms with van der Waals surface area (Å²) < 4.78 is 25.1. The van der Waals surface area contributed by atoms with Crippen molar-refractivity contribution in [3.63, 3.8) is 0 Å². The van der Waals surface area contributed by atoms with Crippen molar-refractivity contribution < 1.29 is 13.2 Å². The Kier molecular flexibility index (Phi) is 6.93. The van der Waals surface area contributed by atoms with E-state index in [1.54, 1.807) is 18.5 Å². The van der Waals surface area contributed by atoms with Gasteiger partial charge in [0.25, 0.3) is 0 Å². The fourth-order valence-corrected chi connectivity index (χ4v) is 3.46. The fraction of sp³-hybridized carbons (Fsp3) is 0.529. The summed E-state index contributed by atoms with van der Waals surface area (Å²) in [4.78, 5) is 16.1. The van der Waals surface area contributed by atoms with Crippen LogP contribution in [0, 0.1) is 0 Å². The van der Waals surface area contributed by atoms with Gasteiger partial charge >= 0.3 is 0 Å². The van der Waals surface area contributed by atoms with Gasteiger partial charge in [-0.2, -0.15) is 4.31 Å². The third-order valence-electron chi connectivity index (χ3n) is 4.07. The standard InChI is InChI=1S/C17H25N3O3S/c1-24(22,23)20(11-9-15-6-3-2-4-7-15)14-17(21)19-13-16-8-5-10-18-12-16/h5-6,8,10,12H,2-4,7,9,11,13-14H2,1H3,(H,19,21). The van der Waals surface area contributed by atoms with E-state index in [0.717, 1.165) is 31.1 Å². The fourth-order valence-electron chi connectivity index (χ4n) is 2.68. The Bertz CT molecular complexity index is 672. The van der Waals surface area contributed by atoms with Gasteiger partial charge in [-0.15, -0.1) is 0 Å². The molecule has 0 aromatic carbocycles. The van der Waals surface area contributed by atoms with Gasteiger partial charge in [0.1, 0.15) is 0 Å². The number of sulfonamides is 1. The Labute approximate surface area is 144 Å². The largest absolute Gasteiger partial charge is 0.351 e. The maximum absolute atomic E-state index is 12.1. The molecule has 0 unspecified atom stereocenters. The SMILES string of the molecule is CS(=O)(=O)N(CCC1=CCCCC1)CC(=O)NCc1cccnc1. The number of nitrogens with one attached hydrogen (secondary N) is 1. The number of nitrogens with zero attached hydrogens (tertiary/aromatic N) is 2. The lowest BCUT2D eigenvalue weighted by atomic mass is 9.97. The molecule has 1 amide bonds. The van der Waals surface area contributed by atoms with Gasteiger partial charge < -0.3 is 5.32 Å². The van der Waals surface area contributed by atoms with E-state index in [2.05, 4.69) is 16.4 Å². The van der Waals surface area contributed by atoms with Crippen LogP contribution in [0.15, 0.2) is 36.2 Å². The molecule has 0 bridgehead atoms. The zero-order chi connectivity index (χ0) is 17.4. The lowest BCUT2D eigenvalue weighted by molar-refractivity contribution is -0.121. The van der Waals surface area contributed by atoms with Crippen molar-refractivity contribution in [1.82, 2.24) is 14.6 Å². The average Bonchev–Trinajstić information content (AvgIpc) is 2.57. The van der Waals surface area contributed by atoms with Gasteiger partial charge in [-0.3, -0.25) is 9.78 Å². The number of hydrogen-bond acceptors (Lipinski definition) is 4. The van der Waals surface area contributed by atoms with Crippen LogP contribution in [0.5, 0.6) is 0 Å². The zero-order valence-electron chi connectivity index (χ0n) is 14.1. The number of amides is 1. The topological polar surface area (TPSA) is 79.4 Å². The Morgan fingerprint density at radius 1 is 1.38 bits per heavy atom. The molecule has 7 heteroatoms. The first-order chi connectivity index (χ1) is 11.4. The van der Waals surface area contributed by atoms with Crippen molar-refractivity contribution in [3.8, 4) is 0 Å². The third-order valence-corrected chi connectivity index (χ3v) is 5.32. The predicted octanol–water partition coefficient (Wildman–Crippen LogP) is 1.85. The summed E-state index contributed by atoms with van der Waals surface area (Å²) in [5, 5.41) is 2.74. The zero-order valence-corrected chi connectivity index (χ0v) is 14.9. The number of carbonyl (C=O) groups excluding carboxylic acids is 1. The number of pyridine rings is 1. The van der Waals surface area contributed by atoms with Gasteiger partial charge in [-0.1, -0.05) is 17.7 Å². The van der Waals surface area contributed by atoms with Crippen LogP contribution in [0.4, 0.5) is 0 Å². The van der Waals surface area contributed by atoms with E-state index in [1.807, 2.05) is 6.07 Å². The van der Waals surface area contributed by atoms with Crippen molar-refractivity contribution in [3.05, 3.63) is 41.7 Å². The summed E-state index contributed by atoms with van der Waals surface area (Å²) in [7, 11) is -3.41. The summed E-state index contributed by atoms with van der Waals surface area (Å²) in [6.07, 6.45) is 11.9. The third kappa shape index (κ3) is 6.41. The molecule has 1 aliphatic rings. The highest BCUT2D eigenvalue weighted by Crippen LogP contribution is 2.20. The second kappa shape index (κ2) is 8.94. The van der Waals surface area contributed by atoms with Gasteiger partial charge in [0.2, 0.25) is 15.9 Å². The van der Waals surface area contributed by atoms with Gasteiger partial charge in [0.15, 0.2) is 0 Å². The number of rotatable bonds is 8. The number of aromatic nitrogens is 1. The molecule has 0 fully saturated rings. The minimum atomic E-state index is -3.41. The molecule has 1 N–H and O–H groups in total. The summed E-state index contributed by atoms with van der Waals surface area (Å²) >= 11 is 0. The minimum absolute atomic E-state index is 0.146. The van der Waals surface area contributed by atoms with Crippen LogP contribution in [-0.4, -0.2) is 43.0 Å². The molecule has 132 valence electrons. The van der Waals surface area contributed by atoms with E-state index in [4.69, 9.17) is 0 Å². The van der Waals surface area contributed by atoms with E-state index in [0.29, 0.717) is 19.5 Å². The van der Waals surface area contributed by atoms with Crippen LogP contribution in [0.1, 0.15) is 37.7 Å². The number of hydrogen-bond donors (Lipinski definition) is 1. The highest BCUT2D eigenvalue weighted by molar-refractivity contribution is 7.88. The van der Waals surface area contributed by atoms with Crippen LogP contribution in [0.3, 0.4) is 0 Å². The van der Waals surface area contributed by atoms with Crippen LogP contribution in [0.25, 0.3) is 0 Å². The number of carbonyl (C=O) groups is 1. The second-order valence-electron chi connectivity index (χ2n) is 6.09. The van der Waals surface area contributed by atoms with Crippen LogP contribution in [0.2, 0.25) is 0 Å². The molecule has 1 aromatic heterocycles. The summed E-state index contributed by atoms with van der Waals surface area (Å²) in [5.41, 5.74) is 2.18. The van der Waals surface area contributed by atoms with Gasteiger partial charge in [-0.25, -0.2) is 8.42 Å². The molecule has 24 heavy (non-hydrogen) atoms. The second-order valence-corrected chi connectivity index (χ2v) is 8.08. The first-order valence-electron chi connectivity index (χ1n) is 8.24. The summed E-state index contributed by atoms with van der Waals surface area (Å²) in [6.45, 7) is 0.548. The van der Waals surface area contributed by atoms with E-state index >= 15 is 0 Å². The highest BCUT2D eigenvalue weighted by Gasteiger charge is 2.20. The van der Waals surface area contributed by atoms with Crippen molar-refractivity contribution in [2.45, 2.75) is 38.6 Å². The molecule has 1 aliphatic carbocycles. The van der Waals surface area contributed by atoms with Crippen molar-refractivity contribution >= 4 is 15.9 Å². The molecule has 1 aromatic rings. The first kappa shape index (κ1) is 18.6. The van der Waals surface area contributed by atoms with Crippen LogP contribution >= 0.6 is 0 Å². The van der Waals surface area contributed by atoms with Gasteiger partial charge in [-0.05, 0) is 43.7 Å². The van der Waals surface area contributed by atoms with Gasteiger partial charge in [0.05, 0.1) is 12.8 Å².